The number of unbranched alkanes of at least 4 members (excludes halogenated alkanes) is 15. The molecule has 9 N–H and O–H groups in total. The second-order valence-corrected chi connectivity index (χ2v) is 23.2. The third-order valence-electron chi connectivity index (χ3n) is 12.0. The van der Waals surface area contributed by atoms with Gasteiger partial charge in [-0.25, -0.2) is 19.2 Å². The number of anilines is 1. The first-order valence-electron chi connectivity index (χ1n) is 28.0. The Morgan fingerprint density at radius 2 is 0.947 bits per heavy atom. The largest absolute Gasteiger partial charge is 0.460 e. The quantitative estimate of drug-likeness (QED) is 0.0176. The summed E-state index contributed by atoms with van der Waals surface area (Å²) in [6, 6.07) is 1.41. The molecule has 19 heteroatoms. The van der Waals surface area contributed by atoms with Crippen LogP contribution in [0, 0.1) is 5.92 Å². The highest BCUT2D eigenvalue weighted by atomic mass is 16.6. The molecule has 0 unspecified atom stereocenters. The minimum atomic E-state index is -1.14. The number of amides is 7. The van der Waals surface area contributed by atoms with Gasteiger partial charge in [-0.1, -0.05) is 122 Å². The van der Waals surface area contributed by atoms with Gasteiger partial charge in [-0.3, -0.25) is 19.2 Å². The van der Waals surface area contributed by atoms with Crippen molar-refractivity contribution in [3.63, 3.8) is 0 Å². The predicted molar refractivity (Wildman–Crippen MR) is 296 cm³/mol. The van der Waals surface area contributed by atoms with Crippen LogP contribution in [0.1, 0.15) is 223 Å². The molecule has 1 aromatic carbocycles. The minimum absolute atomic E-state index is 0.0428. The number of ether oxygens (including phenoxy) is 3. The molecule has 0 aliphatic carbocycles. The van der Waals surface area contributed by atoms with Crippen LogP contribution >= 0.6 is 0 Å². The van der Waals surface area contributed by atoms with Crippen molar-refractivity contribution < 1.29 is 57.7 Å². The van der Waals surface area contributed by atoms with Crippen LogP contribution in [0.5, 0.6) is 0 Å². The number of rotatable bonds is 37. The molecule has 1 aromatic rings. The van der Waals surface area contributed by atoms with Gasteiger partial charge in [-0.05, 0) is 118 Å². The first-order valence-corrected chi connectivity index (χ1v) is 28.0. The fourth-order valence-electron chi connectivity index (χ4n) is 8.12. The van der Waals surface area contributed by atoms with Crippen LogP contribution in [0.4, 0.5) is 15.3 Å². The third-order valence-corrected chi connectivity index (χ3v) is 12.0. The van der Waals surface area contributed by atoms with E-state index in [4.69, 9.17) is 19.9 Å². The highest BCUT2D eigenvalue weighted by Gasteiger charge is 2.32. The summed E-state index contributed by atoms with van der Waals surface area (Å²) in [6.07, 6.45) is 18.0. The zero-order chi connectivity index (χ0) is 57.3. The van der Waals surface area contributed by atoms with E-state index in [1.807, 2.05) is 13.8 Å². The number of nitrogens with one attached hydrogen (secondary N) is 6. The molecule has 0 aromatic heterocycles. The Balaban J connectivity index is 2.39. The Hall–Kier alpha value is -5.46. The number of aliphatic hydroxyl groups is 1. The summed E-state index contributed by atoms with van der Waals surface area (Å²) in [7, 11) is 0. The van der Waals surface area contributed by atoms with Gasteiger partial charge in [-0.15, -0.1) is 0 Å². The minimum Gasteiger partial charge on any atom is -0.460 e. The molecular formula is C57H99N7O12. The molecule has 7 amide bonds. The first-order chi connectivity index (χ1) is 35.6. The zero-order valence-corrected chi connectivity index (χ0v) is 48.2. The summed E-state index contributed by atoms with van der Waals surface area (Å²) in [5.41, 5.74) is 4.06. The SMILES string of the molecule is CC(C)[C@H](NC(=O)CCCCCCCCCCCCCCCCCC[C@H](NC(=O)N[C@@H](CCC(=O)OC(C)(C)C)C(=O)OC(C)(C)C)C(=O)OC(C)(C)C)C(=O)N[C@@H](CCCNC(N)=O)C(=O)Nc1ccc(CO)cc1. The van der Waals surface area contributed by atoms with Crippen molar-refractivity contribution in [2.24, 2.45) is 11.7 Å². The fraction of sp³-hybridized carbons (Fsp3) is 0.754. The molecule has 0 fully saturated rings. The Labute approximate surface area is 454 Å². The Bertz CT molecular complexity index is 1910. The predicted octanol–water partition coefficient (Wildman–Crippen LogP) is 9.06. The zero-order valence-electron chi connectivity index (χ0n) is 48.2. The number of esters is 3. The van der Waals surface area contributed by atoms with Gasteiger partial charge < -0.3 is 57.0 Å². The van der Waals surface area contributed by atoms with Crippen LogP contribution in [0.3, 0.4) is 0 Å². The van der Waals surface area contributed by atoms with Crippen molar-refractivity contribution in [2.45, 2.75) is 265 Å². The van der Waals surface area contributed by atoms with Crippen LogP contribution in [-0.4, -0.2) is 100 Å². The van der Waals surface area contributed by atoms with E-state index in [1.165, 1.54) is 38.5 Å². The highest BCUT2D eigenvalue weighted by Crippen LogP contribution is 2.19. The molecule has 0 saturated carbocycles. The van der Waals surface area contributed by atoms with Crippen molar-refractivity contribution in [1.29, 1.82) is 0 Å². The van der Waals surface area contributed by atoms with Gasteiger partial charge in [0.15, 0.2) is 0 Å². The molecule has 0 bridgehead atoms. The topological polar surface area (TPSA) is 283 Å². The maximum Gasteiger partial charge on any atom is 0.329 e. The number of urea groups is 2. The number of hydrogen-bond donors (Lipinski definition) is 8. The Kier molecular flexibility index (Phi) is 33.0. The van der Waals surface area contributed by atoms with Crippen LogP contribution in [-0.2, 0) is 49.6 Å². The van der Waals surface area contributed by atoms with Gasteiger partial charge in [0.05, 0.1) is 6.61 Å². The van der Waals surface area contributed by atoms with Gasteiger partial charge in [0.1, 0.15) is 41.0 Å². The highest BCUT2D eigenvalue weighted by molar-refractivity contribution is 5.98. The number of primary amides is 1. The molecule has 0 spiro atoms. The van der Waals surface area contributed by atoms with Crippen LogP contribution in [0.15, 0.2) is 24.3 Å². The molecule has 434 valence electrons. The van der Waals surface area contributed by atoms with Crippen LogP contribution in [0.25, 0.3) is 0 Å². The maximum absolute atomic E-state index is 13.5. The summed E-state index contributed by atoms with van der Waals surface area (Å²) < 4.78 is 16.5. The van der Waals surface area contributed by atoms with Crippen molar-refractivity contribution >= 4 is 53.4 Å². The lowest BCUT2D eigenvalue weighted by Gasteiger charge is -2.27. The lowest BCUT2D eigenvalue weighted by Crippen LogP contribution is -2.54. The summed E-state index contributed by atoms with van der Waals surface area (Å²) >= 11 is 0. The molecule has 0 radical (unpaired) electrons. The molecule has 19 nitrogen and oxygen atoms in total. The van der Waals surface area contributed by atoms with E-state index in [0.717, 1.165) is 51.4 Å². The average molecular weight is 1070 g/mol. The van der Waals surface area contributed by atoms with Crippen LogP contribution in [0.2, 0.25) is 0 Å². The van der Waals surface area contributed by atoms with Gasteiger partial charge in [0.2, 0.25) is 17.7 Å². The molecule has 0 saturated heterocycles. The summed E-state index contributed by atoms with van der Waals surface area (Å²) in [6.45, 7) is 19.4. The van der Waals surface area contributed by atoms with E-state index < -0.39 is 82.8 Å². The van der Waals surface area contributed by atoms with E-state index >= 15 is 0 Å². The molecule has 0 heterocycles. The van der Waals surface area contributed by atoms with Gasteiger partial charge >= 0.3 is 30.0 Å². The second-order valence-electron chi connectivity index (χ2n) is 23.2. The standard InChI is InChI=1S/C57H99N7O12/c1-40(2)48(50(69)61-43(30-28-38-59-53(58)72)49(68)60-42-34-32-41(39-65)33-35-42)64-46(66)31-27-25-23-21-19-17-15-13-12-14-16-18-20-22-24-26-29-44(51(70)75-56(6,7)8)62-54(73)63-45(52(71)76-57(9,10)11)36-37-47(67)74-55(3,4)5/h32-35,40,43-45,48,65H,12-31,36-39H2,1-11H3,(H,60,68)(H,61,69)(H,64,66)(H3,58,59,72)(H2,62,63,73)/t43-,44-,45-,48-/m0/s1. The maximum atomic E-state index is 13.5. The average Bonchev–Trinajstić information content (AvgIpc) is 3.30. The Morgan fingerprint density at radius 3 is 1.38 bits per heavy atom. The van der Waals surface area contributed by atoms with Crippen LogP contribution < -0.4 is 37.6 Å². The molecule has 1 rings (SSSR count). The number of hydrogen-bond acceptors (Lipinski definition) is 12. The number of carbonyl (C=O) groups is 8. The summed E-state index contributed by atoms with van der Waals surface area (Å²) in [5, 5.41) is 25.6. The monoisotopic (exact) mass is 1070 g/mol. The van der Waals surface area contributed by atoms with E-state index in [9.17, 15) is 43.5 Å². The van der Waals surface area contributed by atoms with Crippen molar-refractivity contribution in [3.8, 4) is 0 Å². The molecule has 0 aliphatic heterocycles. The third kappa shape index (κ3) is 35.0. The van der Waals surface area contributed by atoms with E-state index in [0.29, 0.717) is 43.4 Å². The fourth-order valence-corrected chi connectivity index (χ4v) is 8.12. The van der Waals surface area contributed by atoms with Gasteiger partial charge in [0, 0.05) is 25.1 Å². The first kappa shape index (κ1) is 68.6. The smallest absolute Gasteiger partial charge is 0.329 e. The van der Waals surface area contributed by atoms with Crippen molar-refractivity contribution in [2.75, 3.05) is 11.9 Å². The number of nitrogens with two attached hydrogens (primary N) is 1. The van der Waals surface area contributed by atoms with E-state index in [-0.39, 0.29) is 44.2 Å². The lowest BCUT2D eigenvalue weighted by molar-refractivity contribution is -0.159. The molecule has 4 atom stereocenters. The lowest BCUT2D eigenvalue weighted by atomic mass is 10.0. The Morgan fingerprint density at radius 1 is 0.513 bits per heavy atom. The molecular weight excluding hydrogens is 975 g/mol. The number of benzene rings is 1. The molecule has 76 heavy (non-hydrogen) atoms. The van der Waals surface area contributed by atoms with E-state index in [1.54, 1.807) is 86.6 Å². The van der Waals surface area contributed by atoms with Gasteiger partial charge in [-0.2, -0.15) is 0 Å². The number of aliphatic hydroxyl groups excluding tert-OH is 1. The van der Waals surface area contributed by atoms with Crippen molar-refractivity contribution in [3.05, 3.63) is 29.8 Å². The second kappa shape index (κ2) is 36.6. The van der Waals surface area contributed by atoms with E-state index in [2.05, 4.69) is 31.9 Å². The van der Waals surface area contributed by atoms with Crippen molar-refractivity contribution in [1.82, 2.24) is 26.6 Å². The summed E-state index contributed by atoms with van der Waals surface area (Å²) in [4.78, 5) is 103. The van der Waals surface area contributed by atoms with Gasteiger partial charge in [0.25, 0.3) is 0 Å². The molecule has 0 aliphatic rings. The summed E-state index contributed by atoms with van der Waals surface area (Å²) in [5.74, 6) is -3.13. The number of carbonyl (C=O) groups excluding carboxylic acids is 8. The normalized spacial score (nSPS) is 13.3.